The monoisotopic (exact) mass is 247 g/mol. The van der Waals surface area contributed by atoms with Crippen molar-refractivity contribution >= 4 is 5.78 Å². The lowest BCUT2D eigenvalue weighted by Crippen LogP contribution is -2.33. The van der Waals surface area contributed by atoms with Gasteiger partial charge in [0.1, 0.15) is 5.75 Å². The summed E-state index contributed by atoms with van der Waals surface area (Å²) in [4.78, 5) is 12.8. The first-order valence-electron chi connectivity index (χ1n) is 6.62. The third kappa shape index (κ3) is 2.27. The molecule has 2 rings (SSSR count). The molecule has 0 spiro atoms. The number of benzene rings is 1. The van der Waals surface area contributed by atoms with Crippen LogP contribution in [0.2, 0.25) is 0 Å². The molecule has 98 valence electrons. The summed E-state index contributed by atoms with van der Waals surface area (Å²) in [6.07, 6.45) is 2.90. The fourth-order valence-corrected chi connectivity index (χ4v) is 2.86. The minimum atomic E-state index is -0.233. The zero-order valence-electron chi connectivity index (χ0n) is 11.2. The molecule has 1 N–H and O–H groups in total. The molecular formula is C15H21NO2. The third-order valence-electron chi connectivity index (χ3n) is 3.81. The van der Waals surface area contributed by atoms with Crippen molar-refractivity contribution in [2.45, 2.75) is 26.2 Å². The van der Waals surface area contributed by atoms with Gasteiger partial charge in [0.2, 0.25) is 0 Å². The molecule has 0 radical (unpaired) electrons. The SMILES string of the molecule is CCCC1(C(=O)c2ccccc2OC)CCNC1. The van der Waals surface area contributed by atoms with E-state index >= 15 is 0 Å². The van der Waals surface area contributed by atoms with Gasteiger partial charge in [0.25, 0.3) is 0 Å². The highest BCUT2D eigenvalue weighted by molar-refractivity contribution is 6.03. The van der Waals surface area contributed by atoms with E-state index in [1.54, 1.807) is 7.11 Å². The number of ether oxygens (including phenoxy) is 1. The molecule has 3 nitrogen and oxygen atoms in total. The summed E-state index contributed by atoms with van der Waals surface area (Å²) in [6.45, 7) is 3.86. The van der Waals surface area contributed by atoms with Gasteiger partial charge in [-0.3, -0.25) is 4.79 Å². The van der Waals surface area contributed by atoms with Crippen molar-refractivity contribution in [3.8, 4) is 5.75 Å². The topological polar surface area (TPSA) is 38.3 Å². The average Bonchev–Trinajstić information content (AvgIpc) is 2.88. The van der Waals surface area contributed by atoms with Crippen molar-refractivity contribution in [2.24, 2.45) is 5.41 Å². The molecule has 1 heterocycles. The van der Waals surface area contributed by atoms with E-state index < -0.39 is 0 Å². The molecule has 18 heavy (non-hydrogen) atoms. The van der Waals surface area contributed by atoms with Gasteiger partial charge in [-0.15, -0.1) is 0 Å². The van der Waals surface area contributed by atoms with Crippen molar-refractivity contribution in [3.05, 3.63) is 29.8 Å². The zero-order valence-corrected chi connectivity index (χ0v) is 11.2. The molecular weight excluding hydrogens is 226 g/mol. The van der Waals surface area contributed by atoms with Crippen LogP contribution in [-0.4, -0.2) is 26.0 Å². The summed E-state index contributed by atoms with van der Waals surface area (Å²) in [5, 5.41) is 3.32. The van der Waals surface area contributed by atoms with E-state index in [1.807, 2.05) is 24.3 Å². The Kier molecular flexibility index (Phi) is 4.02. The number of Topliss-reactive ketones (excluding diaryl/α,β-unsaturated/α-hetero) is 1. The first-order chi connectivity index (χ1) is 8.73. The van der Waals surface area contributed by atoms with E-state index in [-0.39, 0.29) is 11.2 Å². The van der Waals surface area contributed by atoms with Gasteiger partial charge in [-0.25, -0.2) is 0 Å². The average molecular weight is 247 g/mol. The van der Waals surface area contributed by atoms with Crippen molar-refractivity contribution < 1.29 is 9.53 Å². The molecule has 1 aliphatic rings. The summed E-state index contributed by atoms with van der Waals surface area (Å²) in [7, 11) is 1.62. The van der Waals surface area contributed by atoms with Crippen LogP contribution in [0, 0.1) is 5.41 Å². The molecule has 0 aromatic heterocycles. The maximum absolute atomic E-state index is 12.8. The lowest BCUT2D eigenvalue weighted by molar-refractivity contribution is 0.0798. The van der Waals surface area contributed by atoms with Crippen LogP contribution in [0.1, 0.15) is 36.5 Å². The Morgan fingerprint density at radius 3 is 2.83 bits per heavy atom. The summed E-state index contributed by atoms with van der Waals surface area (Å²) in [5.41, 5.74) is 0.487. The quantitative estimate of drug-likeness (QED) is 0.813. The first-order valence-corrected chi connectivity index (χ1v) is 6.62. The predicted octanol–water partition coefficient (Wildman–Crippen LogP) is 2.66. The van der Waals surface area contributed by atoms with Gasteiger partial charge in [0.15, 0.2) is 5.78 Å². The van der Waals surface area contributed by atoms with Gasteiger partial charge < -0.3 is 10.1 Å². The minimum absolute atomic E-state index is 0.229. The summed E-state index contributed by atoms with van der Waals surface area (Å²) in [5.74, 6) is 0.914. The molecule has 1 fully saturated rings. The molecule has 1 aromatic rings. The number of hydrogen-bond acceptors (Lipinski definition) is 3. The summed E-state index contributed by atoms with van der Waals surface area (Å²) in [6, 6.07) is 7.53. The summed E-state index contributed by atoms with van der Waals surface area (Å²) < 4.78 is 5.31. The normalized spacial score (nSPS) is 23.0. The van der Waals surface area contributed by atoms with Crippen LogP contribution in [0.3, 0.4) is 0 Å². The molecule has 0 aliphatic carbocycles. The van der Waals surface area contributed by atoms with E-state index in [9.17, 15) is 4.79 Å². The molecule has 3 heteroatoms. The van der Waals surface area contributed by atoms with Crippen molar-refractivity contribution in [1.82, 2.24) is 5.32 Å². The third-order valence-corrected chi connectivity index (χ3v) is 3.81. The number of para-hydroxylation sites is 1. The number of rotatable bonds is 5. The second-order valence-electron chi connectivity index (χ2n) is 4.99. The standard InChI is InChI=1S/C15H21NO2/c1-3-8-15(9-10-16-11-15)14(17)12-6-4-5-7-13(12)18-2/h4-7,16H,3,8-11H2,1-2H3. The lowest BCUT2D eigenvalue weighted by atomic mass is 9.76. The molecule has 1 atom stereocenters. The number of methoxy groups -OCH3 is 1. The smallest absolute Gasteiger partial charge is 0.174 e. The van der Waals surface area contributed by atoms with Crippen LogP contribution in [0.25, 0.3) is 0 Å². The van der Waals surface area contributed by atoms with Gasteiger partial charge in [-0.05, 0) is 31.5 Å². The second kappa shape index (κ2) is 5.53. The number of hydrogen-bond donors (Lipinski definition) is 1. The molecule has 0 bridgehead atoms. The Labute approximate surface area is 109 Å². The van der Waals surface area contributed by atoms with E-state index in [0.29, 0.717) is 5.75 Å². The van der Waals surface area contributed by atoms with Crippen LogP contribution < -0.4 is 10.1 Å². The van der Waals surface area contributed by atoms with Crippen LogP contribution in [0.5, 0.6) is 5.75 Å². The fraction of sp³-hybridized carbons (Fsp3) is 0.533. The Morgan fingerprint density at radius 1 is 1.44 bits per heavy atom. The predicted molar refractivity (Wildman–Crippen MR) is 72.2 cm³/mol. The van der Waals surface area contributed by atoms with Crippen LogP contribution in [0.15, 0.2) is 24.3 Å². The highest BCUT2D eigenvalue weighted by Crippen LogP contribution is 2.37. The van der Waals surface area contributed by atoms with Crippen molar-refractivity contribution in [1.29, 1.82) is 0 Å². The Balaban J connectivity index is 2.33. The molecule has 1 aromatic carbocycles. The first kappa shape index (κ1) is 13.1. The van der Waals surface area contributed by atoms with E-state index in [2.05, 4.69) is 12.2 Å². The summed E-state index contributed by atoms with van der Waals surface area (Å²) >= 11 is 0. The Morgan fingerprint density at radius 2 is 2.22 bits per heavy atom. The molecule has 1 aliphatic heterocycles. The number of nitrogens with one attached hydrogen (secondary N) is 1. The van der Waals surface area contributed by atoms with Gasteiger partial charge >= 0.3 is 0 Å². The highest BCUT2D eigenvalue weighted by atomic mass is 16.5. The number of ketones is 1. The minimum Gasteiger partial charge on any atom is -0.496 e. The Hall–Kier alpha value is -1.35. The molecule has 0 amide bonds. The number of carbonyl (C=O) groups is 1. The largest absolute Gasteiger partial charge is 0.496 e. The maximum Gasteiger partial charge on any atom is 0.174 e. The van der Waals surface area contributed by atoms with Crippen molar-refractivity contribution in [3.63, 3.8) is 0 Å². The fourth-order valence-electron chi connectivity index (χ4n) is 2.86. The van der Waals surface area contributed by atoms with Crippen molar-refractivity contribution in [2.75, 3.05) is 20.2 Å². The van der Waals surface area contributed by atoms with Gasteiger partial charge in [-0.1, -0.05) is 25.5 Å². The van der Waals surface area contributed by atoms with Gasteiger partial charge in [0.05, 0.1) is 12.7 Å². The molecule has 1 saturated heterocycles. The molecule has 1 unspecified atom stereocenters. The van der Waals surface area contributed by atoms with E-state index in [1.165, 1.54) is 0 Å². The molecule has 0 saturated carbocycles. The second-order valence-corrected chi connectivity index (χ2v) is 4.99. The van der Waals surface area contributed by atoms with Gasteiger partial charge in [0, 0.05) is 12.0 Å². The number of carbonyl (C=O) groups excluding carboxylic acids is 1. The van der Waals surface area contributed by atoms with Crippen LogP contribution in [-0.2, 0) is 0 Å². The van der Waals surface area contributed by atoms with E-state index in [4.69, 9.17) is 4.74 Å². The Bertz CT molecular complexity index is 422. The highest BCUT2D eigenvalue weighted by Gasteiger charge is 2.41. The van der Waals surface area contributed by atoms with E-state index in [0.717, 1.165) is 37.9 Å². The van der Waals surface area contributed by atoms with Crippen LogP contribution >= 0.6 is 0 Å². The van der Waals surface area contributed by atoms with Gasteiger partial charge in [-0.2, -0.15) is 0 Å². The van der Waals surface area contributed by atoms with Crippen LogP contribution in [0.4, 0.5) is 0 Å². The zero-order chi connectivity index (χ0) is 13.0. The lowest BCUT2D eigenvalue weighted by Gasteiger charge is -2.26. The maximum atomic E-state index is 12.8.